The van der Waals surface area contributed by atoms with Crippen LogP contribution in [0.5, 0.6) is 5.75 Å². The first kappa shape index (κ1) is 18.2. The molecule has 2 unspecified atom stereocenters. The molecule has 3 aromatic rings. The molecule has 0 radical (unpaired) electrons. The number of hydrogen-bond acceptors (Lipinski definition) is 5. The minimum absolute atomic E-state index is 0.0221. The van der Waals surface area contributed by atoms with Gasteiger partial charge in [-0.15, -0.1) is 0 Å². The molecule has 2 aromatic carbocycles. The Balaban J connectivity index is 1.51. The lowest BCUT2D eigenvalue weighted by molar-refractivity contribution is -0.129. The Morgan fingerprint density at radius 1 is 1.18 bits per heavy atom. The van der Waals surface area contributed by atoms with Crippen molar-refractivity contribution in [3.8, 4) is 17.2 Å². The molecule has 0 bridgehead atoms. The zero-order chi connectivity index (χ0) is 19.7. The molecule has 1 amide bonds. The van der Waals surface area contributed by atoms with E-state index in [0.717, 1.165) is 22.4 Å². The van der Waals surface area contributed by atoms with Crippen molar-refractivity contribution in [1.29, 1.82) is 0 Å². The maximum absolute atomic E-state index is 12.6. The normalized spacial score (nSPS) is 17.8. The molecule has 0 saturated carbocycles. The number of aromatic nitrogens is 2. The largest absolute Gasteiger partial charge is 0.497 e. The van der Waals surface area contributed by atoms with E-state index in [4.69, 9.17) is 9.26 Å². The van der Waals surface area contributed by atoms with Crippen LogP contribution in [0.25, 0.3) is 11.5 Å². The zero-order valence-corrected chi connectivity index (χ0v) is 16.3. The molecule has 1 aliphatic heterocycles. The summed E-state index contributed by atoms with van der Waals surface area (Å²) in [5, 5.41) is 4.16. The third kappa shape index (κ3) is 3.38. The minimum atomic E-state index is -0.0604. The first-order valence-corrected chi connectivity index (χ1v) is 9.40. The lowest BCUT2D eigenvalue weighted by Gasteiger charge is -2.25. The highest BCUT2D eigenvalue weighted by atomic mass is 16.5. The molecule has 0 spiro atoms. The van der Waals surface area contributed by atoms with Crippen molar-refractivity contribution in [1.82, 2.24) is 15.0 Å². The summed E-state index contributed by atoms with van der Waals surface area (Å²) in [6.07, 6.45) is 0.396. The molecule has 6 nitrogen and oxygen atoms in total. The standard InChI is InChI=1S/C22H23N3O3/c1-14-6-4-5-7-19(14)22-23-21(24-28-22)17-12-20(26)25(13-17)15(2)16-8-10-18(27-3)11-9-16/h4-11,15,17H,12-13H2,1-3H3. The SMILES string of the molecule is COc1ccc(C(C)N2CC(c3noc(-c4ccccc4C)n3)CC2=O)cc1. The van der Waals surface area contributed by atoms with E-state index >= 15 is 0 Å². The van der Waals surface area contributed by atoms with Gasteiger partial charge in [0.15, 0.2) is 5.82 Å². The molecule has 1 fully saturated rings. The fourth-order valence-corrected chi connectivity index (χ4v) is 3.66. The molecule has 6 heteroatoms. The van der Waals surface area contributed by atoms with Gasteiger partial charge in [-0.3, -0.25) is 4.79 Å². The van der Waals surface area contributed by atoms with E-state index in [2.05, 4.69) is 10.1 Å². The van der Waals surface area contributed by atoms with Crippen LogP contribution in [0.3, 0.4) is 0 Å². The molecular formula is C22H23N3O3. The summed E-state index contributed by atoms with van der Waals surface area (Å²) in [7, 11) is 1.64. The number of rotatable bonds is 5. The summed E-state index contributed by atoms with van der Waals surface area (Å²) in [6.45, 7) is 4.63. The monoisotopic (exact) mass is 377 g/mol. The summed E-state index contributed by atoms with van der Waals surface area (Å²) in [6, 6.07) is 15.7. The van der Waals surface area contributed by atoms with Gasteiger partial charge in [-0.2, -0.15) is 4.98 Å². The van der Waals surface area contributed by atoms with E-state index in [-0.39, 0.29) is 17.9 Å². The molecular weight excluding hydrogens is 354 g/mol. The third-order valence-electron chi connectivity index (χ3n) is 5.41. The van der Waals surface area contributed by atoms with Crippen molar-refractivity contribution in [2.24, 2.45) is 0 Å². The van der Waals surface area contributed by atoms with Gasteiger partial charge in [-0.1, -0.05) is 35.5 Å². The Morgan fingerprint density at radius 2 is 1.93 bits per heavy atom. The smallest absolute Gasteiger partial charge is 0.258 e. The molecule has 28 heavy (non-hydrogen) atoms. The highest BCUT2D eigenvalue weighted by Crippen LogP contribution is 2.34. The third-order valence-corrected chi connectivity index (χ3v) is 5.41. The summed E-state index contributed by atoms with van der Waals surface area (Å²) in [5.74, 6) is 1.95. The number of amides is 1. The van der Waals surface area contributed by atoms with Crippen LogP contribution in [0.4, 0.5) is 0 Å². The van der Waals surface area contributed by atoms with Gasteiger partial charge in [-0.05, 0) is 43.2 Å². The van der Waals surface area contributed by atoms with Crippen molar-refractivity contribution in [2.45, 2.75) is 32.2 Å². The molecule has 0 aliphatic carbocycles. The first-order chi connectivity index (χ1) is 13.6. The Hall–Kier alpha value is -3.15. The Labute approximate surface area is 164 Å². The van der Waals surface area contributed by atoms with E-state index in [1.54, 1.807) is 7.11 Å². The fourth-order valence-electron chi connectivity index (χ4n) is 3.66. The van der Waals surface area contributed by atoms with Crippen LogP contribution < -0.4 is 4.74 Å². The molecule has 0 N–H and O–H groups in total. The summed E-state index contributed by atoms with van der Waals surface area (Å²) >= 11 is 0. The van der Waals surface area contributed by atoms with Crippen molar-refractivity contribution >= 4 is 5.91 Å². The van der Waals surface area contributed by atoms with E-state index in [9.17, 15) is 4.79 Å². The Bertz CT molecular complexity index is 981. The highest BCUT2D eigenvalue weighted by molar-refractivity contribution is 5.80. The van der Waals surface area contributed by atoms with Crippen LogP contribution in [0.1, 0.15) is 42.3 Å². The predicted molar refractivity (Wildman–Crippen MR) is 105 cm³/mol. The predicted octanol–water partition coefficient (Wildman–Crippen LogP) is 4.13. The first-order valence-electron chi connectivity index (χ1n) is 9.40. The zero-order valence-electron chi connectivity index (χ0n) is 16.3. The van der Waals surface area contributed by atoms with Gasteiger partial charge < -0.3 is 14.2 Å². The van der Waals surface area contributed by atoms with Crippen LogP contribution >= 0.6 is 0 Å². The summed E-state index contributed by atoms with van der Waals surface area (Å²) in [5.41, 5.74) is 3.08. The maximum Gasteiger partial charge on any atom is 0.258 e. The number of benzene rings is 2. The number of aryl methyl sites for hydroxylation is 1. The van der Waals surface area contributed by atoms with Gasteiger partial charge in [0.05, 0.1) is 13.2 Å². The number of carbonyl (C=O) groups excluding carboxylic acids is 1. The van der Waals surface area contributed by atoms with Gasteiger partial charge in [0.1, 0.15) is 5.75 Å². The second-order valence-corrected chi connectivity index (χ2v) is 7.17. The fraction of sp³-hybridized carbons (Fsp3) is 0.318. The van der Waals surface area contributed by atoms with E-state index in [1.807, 2.05) is 67.3 Å². The highest BCUT2D eigenvalue weighted by Gasteiger charge is 2.36. The molecule has 4 rings (SSSR count). The van der Waals surface area contributed by atoms with Crippen LogP contribution in [0, 0.1) is 6.92 Å². The van der Waals surface area contributed by atoms with E-state index < -0.39 is 0 Å². The Kier molecular flexibility index (Phi) is 4.86. The number of likely N-dealkylation sites (tertiary alicyclic amines) is 1. The lowest BCUT2D eigenvalue weighted by Crippen LogP contribution is -2.28. The molecule has 2 atom stereocenters. The van der Waals surface area contributed by atoms with E-state index in [1.165, 1.54) is 0 Å². The quantitative estimate of drug-likeness (QED) is 0.669. The van der Waals surface area contributed by atoms with Crippen molar-refractivity contribution in [3.05, 3.63) is 65.5 Å². The van der Waals surface area contributed by atoms with Crippen molar-refractivity contribution in [2.75, 3.05) is 13.7 Å². The van der Waals surface area contributed by atoms with Crippen LogP contribution in [0.15, 0.2) is 53.1 Å². The van der Waals surface area contributed by atoms with Crippen molar-refractivity contribution in [3.63, 3.8) is 0 Å². The number of nitrogens with zero attached hydrogens (tertiary/aromatic N) is 3. The lowest BCUT2D eigenvalue weighted by atomic mass is 10.1. The average molecular weight is 377 g/mol. The van der Waals surface area contributed by atoms with Gasteiger partial charge in [0.2, 0.25) is 5.91 Å². The number of carbonyl (C=O) groups is 1. The van der Waals surface area contributed by atoms with Gasteiger partial charge in [-0.25, -0.2) is 0 Å². The van der Waals surface area contributed by atoms with Crippen molar-refractivity contribution < 1.29 is 14.1 Å². The molecule has 1 aromatic heterocycles. The molecule has 1 saturated heterocycles. The Morgan fingerprint density at radius 3 is 2.64 bits per heavy atom. The molecule has 1 aliphatic rings. The average Bonchev–Trinajstić information content (AvgIpc) is 3.35. The second kappa shape index (κ2) is 7.46. The summed E-state index contributed by atoms with van der Waals surface area (Å²) in [4.78, 5) is 19.1. The van der Waals surface area contributed by atoms with E-state index in [0.29, 0.717) is 24.7 Å². The minimum Gasteiger partial charge on any atom is -0.497 e. The topological polar surface area (TPSA) is 68.5 Å². The second-order valence-electron chi connectivity index (χ2n) is 7.17. The molecule has 144 valence electrons. The number of ether oxygens (including phenoxy) is 1. The van der Waals surface area contributed by atoms with Gasteiger partial charge in [0, 0.05) is 24.4 Å². The van der Waals surface area contributed by atoms with Crippen LogP contribution in [0.2, 0.25) is 0 Å². The maximum atomic E-state index is 12.6. The van der Waals surface area contributed by atoms with Crippen LogP contribution in [-0.4, -0.2) is 34.6 Å². The molecule has 2 heterocycles. The van der Waals surface area contributed by atoms with Gasteiger partial charge in [0.25, 0.3) is 5.89 Å². The summed E-state index contributed by atoms with van der Waals surface area (Å²) < 4.78 is 10.7. The van der Waals surface area contributed by atoms with Gasteiger partial charge >= 0.3 is 0 Å². The number of methoxy groups -OCH3 is 1. The van der Waals surface area contributed by atoms with Crippen LogP contribution in [-0.2, 0) is 4.79 Å². The number of hydrogen-bond donors (Lipinski definition) is 0.